The van der Waals surface area contributed by atoms with Crippen LogP contribution in [0.5, 0.6) is 0 Å². The summed E-state index contributed by atoms with van der Waals surface area (Å²) in [4.78, 5) is 29.5. The smallest absolute Gasteiger partial charge is 0.249 e. The van der Waals surface area contributed by atoms with Crippen LogP contribution in [0.15, 0.2) is 78.9 Å². The molecule has 3 aromatic carbocycles. The molecule has 0 radical (unpaired) electrons. The fraction of sp³-hybridized carbons (Fsp3) is 0.214. The van der Waals surface area contributed by atoms with Crippen molar-refractivity contribution >= 4 is 34.3 Å². The number of primary amides is 1. The zero-order chi connectivity index (χ0) is 25.1. The maximum absolute atomic E-state index is 13.7. The molecule has 35 heavy (non-hydrogen) atoms. The summed E-state index contributed by atoms with van der Waals surface area (Å²) in [5, 5.41) is 1.11. The number of nitrogens with zero attached hydrogens (tertiary/aromatic N) is 3. The van der Waals surface area contributed by atoms with E-state index in [1.165, 1.54) is 0 Å². The number of carbonyl (C=O) groups is 2. The van der Waals surface area contributed by atoms with Crippen molar-refractivity contribution in [3.63, 3.8) is 0 Å². The molecule has 4 aromatic rings. The van der Waals surface area contributed by atoms with Gasteiger partial charge in [-0.1, -0.05) is 78.3 Å². The zero-order valence-electron chi connectivity index (χ0n) is 20.1. The summed E-state index contributed by atoms with van der Waals surface area (Å²) in [6, 6.07) is 24.5. The second kappa shape index (κ2) is 10.3. The fourth-order valence-electron chi connectivity index (χ4n) is 4.56. The van der Waals surface area contributed by atoms with Gasteiger partial charge in [-0.2, -0.15) is 0 Å². The number of nitrogens with two attached hydrogens (primary N) is 1. The maximum atomic E-state index is 13.7. The molecule has 0 spiro atoms. The lowest BCUT2D eigenvalue weighted by molar-refractivity contribution is -0.136. The average Bonchev–Trinajstić information content (AvgIpc) is 3.10. The molecule has 7 heteroatoms. The monoisotopic (exact) mass is 488 g/mol. The van der Waals surface area contributed by atoms with E-state index in [1.807, 2.05) is 97.3 Å². The summed E-state index contributed by atoms with van der Waals surface area (Å²) >= 11 is 6.81. The normalized spacial score (nSPS) is 12.1. The van der Waals surface area contributed by atoms with E-state index in [-0.39, 0.29) is 5.91 Å². The van der Waals surface area contributed by atoms with Crippen molar-refractivity contribution in [3.05, 3.63) is 106 Å². The van der Waals surface area contributed by atoms with Crippen LogP contribution in [0, 0.1) is 0 Å². The van der Waals surface area contributed by atoms with Gasteiger partial charge in [0.05, 0.1) is 16.2 Å². The molecule has 0 aliphatic rings. The van der Waals surface area contributed by atoms with Crippen LogP contribution >= 0.6 is 11.6 Å². The first kappa shape index (κ1) is 24.5. The molecule has 6 nitrogen and oxygen atoms in total. The Morgan fingerprint density at radius 3 is 2.17 bits per heavy atom. The first-order chi connectivity index (χ1) is 16.8. The van der Waals surface area contributed by atoms with E-state index in [9.17, 15) is 9.59 Å². The quantitative estimate of drug-likeness (QED) is 0.388. The number of hydrogen-bond donors (Lipinski definition) is 1. The topological polar surface area (TPSA) is 71.6 Å². The molecule has 1 aromatic heterocycles. The van der Waals surface area contributed by atoms with Crippen molar-refractivity contribution in [2.75, 3.05) is 14.1 Å². The van der Waals surface area contributed by atoms with E-state index in [0.717, 1.165) is 22.3 Å². The van der Waals surface area contributed by atoms with Crippen molar-refractivity contribution in [3.8, 4) is 0 Å². The fourth-order valence-corrected chi connectivity index (χ4v) is 4.95. The Morgan fingerprint density at radius 1 is 0.914 bits per heavy atom. The number of aryl methyl sites for hydroxylation is 1. The van der Waals surface area contributed by atoms with E-state index in [1.54, 1.807) is 17.0 Å². The van der Waals surface area contributed by atoms with Crippen LogP contribution in [0.1, 0.15) is 33.2 Å². The molecule has 0 bridgehead atoms. The number of hydrogen-bond acceptors (Lipinski definition) is 3. The molecule has 0 saturated carbocycles. The number of amides is 2. The van der Waals surface area contributed by atoms with E-state index < -0.39 is 11.9 Å². The van der Waals surface area contributed by atoms with Crippen LogP contribution in [0.3, 0.4) is 0 Å². The van der Waals surface area contributed by atoms with Crippen molar-refractivity contribution in [2.24, 2.45) is 12.8 Å². The van der Waals surface area contributed by atoms with Crippen LogP contribution in [0.25, 0.3) is 10.9 Å². The molecule has 0 fully saturated rings. The van der Waals surface area contributed by atoms with E-state index in [0.29, 0.717) is 29.1 Å². The summed E-state index contributed by atoms with van der Waals surface area (Å²) in [5.41, 5.74) is 9.57. The summed E-state index contributed by atoms with van der Waals surface area (Å²) in [6.45, 7) is 0.903. The van der Waals surface area contributed by atoms with Crippen molar-refractivity contribution in [1.82, 2.24) is 14.4 Å². The Morgan fingerprint density at radius 2 is 1.54 bits per heavy atom. The standard InChI is InChI=1S/C28H29ClN4O2/c1-31(18-23-25(29)24-21(27(30)34)15-10-16-22(24)33(23)3)26(20-13-8-5-9-14-20)28(35)32(2)17-19-11-6-4-7-12-19/h4-16,26H,17-18H2,1-3H3,(H2,30,34). The molecule has 1 heterocycles. The Bertz CT molecular complexity index is 1350. The van der Waals surface area contributed by atoms with Gasteiger partial charge >= 0.3 is 0 Å². The highest BCUT2D eigenvalue weighted by atomic mass is 35.5. The van der Waals surface area contributed by atoms with Gasteiger partial charge in [-0.05, 0) is 30.3 Å². The predicted molar refractivity (Wildman–Crippen MR) is 140 cm³/mol. The molecule has 180 valence electrons. The molecular formula is C28H29ClN4O2. The highest BCUT2D eigenvalue weighted by molar-refractivity contribution is 6.37. The van der Waals surface area contributed by atoms with Crippen LogP contribution < -0.4 is 5.73 Å². The van der Waals surface area contributed by atoms with E-state index in [2.05, 4.69) is 0 Å². The van der Waals surface area contributed by atoms with Gasteiger partial charge in [0.2, 0.25) is 11.8 Å². The Kier molecular flexibility index (Phi) is 7.24. The molecule has 2 amide bonds. The van der Waals surface area contributed by atoms with Gasteiger partial charge in [-0.3, -0.25) is 14.5 Å². The number of fused-ring (bicyclic) bond motifs is 1. The van der Waals surface area contributed by atoms with Gasteiger partial charge in [0.15, 0.2) is 0 Å². The van der Waals surface area contributed by atoms with Crippen LogP contribution in [-0.2, 0) is 24.9 Å². The summed E-state index contributed by atoms with van der Waals surface area (Å²) in [5.74, 6) is -0.543. The van der Waals surface area contributed by atoms with Crippen LogP contribution in [0.4, 0.5) is 0 Å². The number of likely N-dealkylation sites (N-methyl/N-ethyl adjacent to an activating group) is 2. The first-order valence-corrected chi connectivity index (χ1v) is 11.8. The van der Waals surface area contributed by atoms with Crippen molar-refractivity contribution < 1.29 is 9.59 Å². The van der Waals surface area contributed by atoms with Crippen LogP contribution in [-0.4, -0.2) is 40.3 Å². The van der Waals surface area contributed by atoms with E-state index in [4.69, 9.17) is 17.3 Å². The van der Waals surface area contributed by atoms with Crippen molar-refractivity contribution in [1.29, 1.82) is 0 Å². The Labute approximate surface area is 210 Å². The number of halogens is 1. The first-order valence-electron chi connectivity index (χ1n) is 11.4. The second-order valence-electron chi connectivity index (χ2n) is 8.79. The third kappa shape index (κ3) is 4.94. The van der Waals surface area contributed by atoms with E-state index >= 15 is 0 Å². The van der Waals surface area contributed by atoms with Gasteiger partial charge in [0.25, 0.3) is 0 Å². The van der Waals surface area contributed by atoms with Crippen molar-refractivity contribution in [2.45, 2.75) is 19.1 Å². The third-order valence-electron chi connectivity index (χ3n) is 6.37. The van der Waals surface area contributed by atoms with Gasteiger partial charge in [-0.25, -0.2) is 0 Å². The predicted octanol–water partition coefficient (Wildman–Crippen LogP) is 4.76. The molecule has 4 rings (SSSR count). The SMILES string of the molecule is CN(Cc1ccccc1)C(=O)C(c1ccccc1)N(C)Cc1c(Cl)c2c(C(N)=O)cccc2n1C. The summed E-state index contributed by atoms with van der Waals surface area (Å²) in [7, 11) is 5.64. The lowest BCUT2D eigenvalue weighted by Gasteiger charge is -2.31. The minimum absolute atomic E-state index is 0.0183. The number of benzene rings is 3. The molecule has 0 aliphatic carbocycles. The molecule has 1 atom stereocenters. The van der Waals surface area contributed by atoms with Crippen LogP contribution in [0.2, 0.25) is 5.02 Å². The van der Waals surface area contributed by atoms with Gasteiger partial charge in [-0.15, -0.1) is 0 Å². The number of rotatable bonds is 8. The number of carbonyl (C=O) groups excluding carboxylic acids is 2. The molecular weight excluding hydrogens is 460 g/mol. The Hall–Kier alpha value is -3.61. The minimum Gasteiger partial charge on any atom is -0.366 e. The van der Waals surface area contributed by atoms with Gasteiger partial charge < -0.3 is 15.2 Å². The molecule has 2 N–H and O–H groups in total. The second-order valence-corrected chi connectivity index (χ2v) is 9.17. The lowest BCUT2D eigenvalue weighted by Crippen LogP contribution is -2.39. The molecule has 0 aliphatic heterocycles. The average molecular weight is 489 g/mol. The number of aromatic nitrogens is 1. The Balaban J connectivity index is 1.69. The highest BCUT2D eigenvalue weighted by Gasteiger charge is 2.30. The molecule has 0 saturated heterocycles. The zero-order valence-corrected chi connectivity index (χ0v) is 20.9. The maximum Gasteiger partial charge on any atom is 0.249 e. The third-order valence-corrected chi connectivity index (χ3v) is 6.78. The summed E-state index contributed by atoms with van der Waals surface area (Å²) < 4.78 is 1.96. The summed E-state index contributed by atoms with van der Waals surface area (Å²) in [6.07, 6.45) is 0. The van der Waals surface area contributed by atoms with Gasteiger partial charge in [0, 0.05) is 38.1 Å². The molecule has 1 unspecified atom stereocenters. The highest BCUT2D eigenvalue weighted by Crippen LogP contribution is 2.34. The lowest BCUT2D eigenvalue weighted by atomic mass is 10.0. The van der Waals surface area contributed by atoms with Gasteiger partial charge in [0.1, 0.15) is 6.04 Å². The largest absolute Gasteiger partial charge is 0.366 e. The minimum atomic E-state index is -0.525.